The smallest absolute Gasteiger partial charge is 0.331 e. The summed E-state index contributed by atoms with van der Waals surface area (Å²) in [6, 6.07) is 7.66. The summed E-state index contributed by atoms with van der Waals surface area (Å²) < 4.78 is 4.34. The minimum atomic E-state index is -0.544. The van der Waals surface area contributed by atoms with Crippen LogP contribution in [-0.4, -0.2) is 54.7 Å². The van der Waals surface area contributed by atoms with Gasteiger partial charge >= 0.3 is 5.69 Å². The second-order valence-electron chi connectivity index (χ2n) is 11.0. The van der Waals surface area contributed by atoms with Gasteiger partial charge in [0.05, 0.1) is 24.1 Å². The van der Waals surface area contributed by atoms with Crippen molar-refractivity contribution in [1.29, 1.82) is 0 Å². The Bertz CT molecular complexity index is 1870. The molecule has 1 saturated heterocycles. The van der Waals surface area contributed by atoms with Crippen LogP contribution in [0.15, 0.2) is 33.9 Å². The Morgan fingerprint density at radius 3 is 2.63 bits per heavy atom. The standard InChI is InChI=1S/C30H34N8O3/c1-4-5-15-37-26-25(24(27(39)33-20-12-13-20)28(37)36-14-8-9-19(31)16-36)35(3)30(41)38(29(26)40)17-23-32-18(2)21-10-6-7-11-22(21)34-23/h6-7,10-11,19-20H,8-9,12-17,31H2,1-3H3,(H,33,39). The average molecular weight is 555 g/mol. The zero-order valence-corrected chi connectivity index (χ0v) is 23.6. The van der Waals surface area contributed by atoms with Crippen molar-refractivity contribution in [3.05, 3.63) is 62.2 Å². The van der Waals surface area contributed by atoms with Crippen LogP contribution in [0.2, 0.25) is 0 Å². The van der Waals surface area contributed by atoms with Crippen molar-refractivity contribution in [2.24, 2.45) is 12.8 Å². The van der Waals surface area contributed by atoms with Crippen molar-refractivity contribution in [3.8, 4) is 11.8 Å². The van der Waals surface area contributed by atoms with Gasteiger partial charge in [0.2, 0.25) is 0 Å². The highest BCUT2D eigenvalue weighted by Gasteiger charge is 2.34. The summed E-state index contributed by atoms with van der Waals surface area (Å²) >= 11 is 0. The third kappa shape index (κ3) is 4.78. The molecule has 1 atom stereocenters. The highest BCUT2D eigenvalue weighted by atomic mass is 16.2. The third-order valence-electron chi connectivity index (χ3n) is 7.96. The van der Waals surface area contributed by atoms with Gasteiger partial charge in [0.1, 0.15) is 22.7 Å². The van der Waals surface area contributed by atoms with Gasteiger partial charge in [-0.2, -0.15) is 0 Å². The molecule has 1 saturated carbocycles. The monoisotopic (exact) mass is 554 g/mol. The highest BCUT2D eigenvalue weighted by molar-refractivity contribution is 6.11. The second-order valence-corrected chi connectivity index (χ2v) is 11.0. The number of hydrogen-bond donors (Lipinski definition) is 2. The third-order valence-corrected chi connectivity index (χ3v) is 7.96. The van der Waals surface area contributed by atoms with E-state index in [0.29, 0.717) is 35.8 Å². The lowest BCUT2D eigenvalue weighted by Crippen LogP contribution is -2.44. The van der Waals surface area contributed by atoms with Crippen LogP contribution in [0.5, 0.6) is 0 Å². The minimum Gasteiger partial charge on any atom is -0.356 e. The molecular weight excluding hydrogens is 520 g/mol. The van der Waals surface area contributed by atoms with E-state index in [1.165, 1.54) is 4.57 Å². The van der Waals surface area contributed by atoms with E-state index in [1.807, 2.05) is 31.2 Å². The first kappa shape index (κ1) is 26.8. The van der Waals surface area contributed by atoms with E-state index in [4.69, 9.17) is 5.73 Å². The van der Waals surface area contributed by atoms with Crippen molar-refractivity contribution < 1.29 is 4.79 Å². The molecule has 4 aromatic rings. The van der Waals surface area contributed by atoms with Gasteiger partial charge < -0.3 is 20.5 Å². The Balaban J connectivity index is 1.60. The number of amides is 1. The second kappa shape index (κ2) is 10.5. The first-order valence-corrected chi connectivity index (χ1v) is 14.1. The van der Waals surface area contributed by atoms with Crippen LogP contribution in [0.25, 0.3) is 21.9 Å². The predicted molar refractivity (Wildman–Crippen MR) is 158 cm³/mol. The van der Waals surface area contributed by atoms with E-state index in [2.05, 4.69) is 32.0 Å². The number of aryl methyl sites for hydroxylation is 2. The first-order chi connectivity index (χ1) is 19.8. The van der Waals surface area contributed by atoms with Crippen LogP contribution in [0, 0.1) is 18.8 Å². The molecule has 6 rings (SSSR count). The van der Waals surface area contributed by atoms with Crippen LogP contribution in [-0.2, 0) is 20.1 Å². The number of piperidine rings is 1. The van der Waals surface area contributed by atoms with E-state index in [-0.39, 0.29) is 36.6 Å². The van der Waals surface area contributed by atoms with Crippen LogP contribution in [0.1, 0.15) is 54.5 Å². The molecule has 41 heavy (non-hydrogen) atoms. The molecule has 11 heteroatoms. The molecule has 4 heterocycles. The van der Waals surface area contributed by atoms with E-state index >= 15 is 0 Å². The zero-order chi connectivity index (χ0) is 28.8. The number of para-hydroxylation sites is 1. The molecule has 1 unspecified atom stereocenters. The molecule has 2 fully saturated rings. The van der Waals surface area contributed by atoms with Gasteiger partial charge in [0.25, 0.3) is 11.5 Å². The summed E-state index contributed by atoms with van der Waals surface area (Å²) in [5.41, 5.74) is 7.68. The zero-order valence-electron chi connectivity index (χ0n) is 23.6. The number of hydrogen-bond acceptors (Lipinski definition) is 7. The highest BCUT2D eigenvalue weighted by Crippen LogP contribution is 2.33. The van der Waals surface area contributed by atoms with Crippen molar-refractivity contribution in [1.82, 2.24) is 29.0 Å². The number of aromatic nitrogens is 5. The Kier molecular flexibility index (Phi) is 6.87. The van der Waals surface area contributed by atoms with Crippen LogP contribution < -0.4 is 27.2 Å². The van der Waals surface area contributed by atoms with E-state index in [0.717, 1.165) is 46.8 Å². The number of anilines is 1. The van der Waals surface area contributed by atoms with Gasteiger partial charge in [-0.3, -0.25) is 18.7 Å². The van der Waals surface area contributed by atoms with Crippen LogP contribution in [0.3, 0.4) is 0 Å². The largest absolute Gasteiger partial charge is 0.356 e. The number of nitrogens with two attached hydrogens (primary N) is 1. The van der Waals surface area contributed by atoms with E-state index in [1.54, 1.807) is 18.5 Å². The fraction of sp³-hybridized carbons (Fsp3) is 0.433. The molecule has 1 aliphatic carbocycles. The normalized spacial score (nSPS) is 17.1. The number of rotatable bonds is 6. The molecule has 1 aromatic carbocycles. The summed E-state index contributed by atoms with van der Waals surface area (Å²) in [6.07, 6.45) is 3.55. The van der Waals surface area contributed by atoms with E-state index in [9.17, 15) is 14.4 Å². The Hall–Kier alpha value is -4.43. The fourth-order valence-corrected chi connectivity index (χ4v) is 5.81. The van der Waals surface area contributed by atoms with Crippen LogP contribution in [0.4, 0.5) is 5.82 Å². The van der Waals surface area contributed by atoms with Crippen molar-refractivity contribution in [2.45, 2.75) is 64.7 Å². The predicted octanol–water partition coefficient (Wildman–Crippen LogP) is 1.64. The molecule has 11 nitrogen and oxygen atoms in total. The summed E-state index contributed by atoms with van der Waals surface area (Å²) in [4.78, 5) is 53.1. The van der Waals surface area contributed by atoms with Gasteiger partial charge in [-0.1, -0.05) is 24.1 Å². The SMILES string of the molecule is CC#CCn1c(N2CCCC(N)C2)c(C(=O)NC2CC2)c2c1c(=O)n(Cc1nc(C)c3ccccc3n1)c(=O)n2C. The quantitative estimate of drug-likeness (QED) is 0.346. The molecule has 3 aromatic heterocycles. The number of carbonyl (C=O) groups is 1. The number of nitrogens with zero attached hydrogens (tertiary/aromatic N) is 6. The topological polar surface area (TPSA) is 133 Å². The molecule has 0 bridgehead atoms. The van der Waals surface area contributed by atoms with Crippen molar-refractivity contribution >= 4 is 33.7 Å². The number of carbonyl (C=O) groups excluding carboxylic acids is 1. The summed E-state index contributed by atoms with van der Waals surface area (Å²) in [7, 11) is 1.60. The van der Waals surface area contributed by atoms with Gasteiger partial charge in [0, 0.05) is 43.3 Å². The number of nitrogens with one attached hydrogen (secondary N) is 1. The molecule has 3 N–H and O–H groups in total. The number of benzene rings is 1. The van der Waals surface area contributed by atoms with Crippen molar-refractivity contribution in [2.75, 3.05) is 18.0 Å². The lowest BCUT2D eigenvalue weighted by molar-refractivity contribution is 0.0952. The number of fused-ring (bicyclic) bond motifs is 2. The summed E-state index contributed by atoms with van der Waals surface area (Å²) in [5.74, 6) is 6.63. The lowest BCUT2D eigenvalue weighted by atomic mass is 10.1. The Morgan fingerprint density at radius 1 is 1.12 bits per heavy atom. The summed E-state index contributed by atoms with van der Waals surface area (Å²) in [5, 5.41) is 3.99. The molecule has 1 amide bonds. The maximum atomic E-state index is 14.3. The minimum absolute atomic E-state index is 0.0689. The van der Waals surface area contributed by atoms with E-state index < -0.39 is 11.2 Å². The molecule has 1 aliphatic heterocycles. The van der Waals surface area contributed by atoms with Gasteiger partial charge in [-0.15, -0.1) is 5.92 Å². The van der Waals surface area contributed by atoms with Crippen LogP contribution >= 0.6 is 0 Å². The molecule has 2 aliphatic rings. The Labute approximate surface area is 237 Å². The molecular formula is C30H34N8O3. The molecule has 212 valence electrons. The maximum Gasteiger partial charge on any atom is 0.331 e. The van der Waals surface area contributed by atoms with Gasteiger partial charge in [-0.05, 0) is 45.6 Å². The molecule has 0 spiro atoms. The molecule has 0 radical (unpaired) electrons. The first-order valence-electron chi connectivity index (χ1n) is 14.1. The maximum absolute atomic E-state index is 14.3. The Morgan fingerprint density at radius 2 is 1.90 bits per heavy atom. The summed E-state index contributed by atoms with van der Waals surface area (Å²) in [6.45, 7) is 4.91. The lowest BCUT2D eigenvalue weighted by Gasteiger charge is -2.33. The van der Waals surface area contributed by atoms with Crippen molar-refractivity contribution in [3.63, 3.8) is 0 Å². The van der Waals surface area contributed by atoms with Gasteiger partial charge in [0.15, 0.2) is 0 Å². The van der Waals surface area contributed by atoms with Gasteiger partial charge in [-0.25, -0.2) is 14.8 Å². The fourth-order valence-electron chi connectivity index (χ4n) is 5.81. The average Bonchev–Trinajstić information content (AvgIpc) is 3.70.